The van der Waals surface area contributed by atoms with E-state index in [1.165, 1.54) is 11.3 Å². The lowest BCUT2D eigenvalue weighted by Gasteiger charge is -2.38. The Bertz CT molecular complexity index is 488. The average Bonchev–Trinajstić information content (AvgIpc) is 3.05. The molecule has 0 radical (unpaired) electrons. The number of nitrogens with one attached hydrogen (secondary N) is 1. The van der Waals surface area contributed by atoms with E-state index in [1.807, 2.05) is 22.6 Å². The van der Waals surface area contributed by atoms with Crippen LogP contribution < -0.4 is 11.1 Å². The zero-order chi connectivity index (χ0) is 15.9. The molecule has 1 aliphatic heterocycles. The molecule has 2 heterocycles. The molecule has 0 aliphatic carbocycles. The Morgan fingerprint density at radius 2 is 2.32 bits per heavy atom. The van der Waals surface area contributed by atoms with Crippen molar-refractivity contribution in [3.8, 4) is 0 Å². The molecular formula is C16H25N3O2S. The maximum absolute atomic E-state index is 12.3. The molecule has 1 saturated heterocycles. The molecule has 0 spiro atoms. The summed E-state index contributed by atoms with van der Waals surface area (Å²) in [5, 5.41) is 6.55. The van der Waals surface area contributed by atoms with Crippen molar-refractivity contribution in [2.24, 2.45) is 5.73 Å². The van der Waals surface area contributed by atoms with Crippen molar-refractivity contribution in [1.82, 2.24) is 10.2 Å². The Kier molecular flexibility index (Phi) is 6.39. The van der Waals surface area contributed by atoms with Crippen LogP contribution >= 0.6 is 11.3 Å². The largest absolute Gasteiger partial charge is 0.352 e. The first-order valence-corrected chi connectivity index (χ1v) is 8.89. The highest BCUT2D eigenvalue weighted by molar-refractivity contribution is 7.08. The third kappa shape index (κ3) is 4.55. The van der Waals surface area contributed by atoms with Crippen LogP contribution in [0.15, 0.2) is 16.8 Å². The van der Waals surface area contributed by atoms with Crippen LogP contribution in [0.25, 0.3) is 0 Å². The molecule has 22 heavy (non-hydrogen) atoms. The third-order valence-corrected chi connectivity index (χ3v) is 4.80. The second-order valence-corrected chi connectivity index (χ2v) is 6.66. The first-order chi connectivity index (χ1) is 10.6. The van der Waals surface area contributed by atoms with Crippen LogP contribution in [0.3, 0.4) is 0 Å². The number of thiophene rings is 1. The molecule has 2 unspecified atom stereocenters. The number of amides is 2. The SMILES string of the molecule is CC(N)C1CCCCN1C(=O)CCCNC(=O)c1ccsc1. The maximum Gasteiger partial charge on any atom is 0.252 e. The summed E-state index contributed by atoms with van der Waals surface area (Å²) in [4.78, 5) is 26.1. The van der Waals surface area contributed by atoms with Gasteiger partial charge >= 0.3 is 0 Å². The van der Waals surface area contributed by atoms with Gasteiger partial charge in [0.15, 0.2) is 0 Å². The Morgan fingerprint density at radius 1 is 1.50 bits per heavy atom. The summed E-state index contributed by atoms with van der Waals surface area (Å²) in [7, 11) is 0. The number of hydrogen-bond acceptors (Lipinski definition) is 4. The molecule has 2 atom stereocenters. The van der Waals surface area contributed by atoms with Crippen LogP contribution in [0.1, 0.15) is 49.4 Å². The van der Waals surface area contributed by atoms with Crippen molar-refractivity contribution in [3.05, 3.63) is 22.4 Å². The van der Waals surface area contributed by atoms with Crippen LogP contribution in [0.4, 0.5) is 0 Å². The number of piperidine rings is 1. The number of likely N-dealkylation sites (tertiary alicyclic amines) is 1. The van der Waals surface area contributed by atoms with E-state index >= 15 is 0 Å². The van der Waals surface area contributed by atoms with E-state index < -0.39 is 0 Å². The number of carbonyl (C=O) groups excluding carboxylic acids is 2. The molecule has 2 rings (SSSR count). The number of nitrogens with zero attached hydrogens (tertiary/aromatic N) is 1. The molecule has 1 aliphatic rings. The summed E-state index contributed by atoms with van der Waals surface area (Å²) in [5.41, 5.74) is 6.68. The topological polar surface area (TPSA) is 75.4 Å². The van der Waals surface area contributed by atoms with Crippen molar-refractivity contribution >= 4 is 23.2 Å². The van der Waals surface area contributed by atoms with Gasteiger partial charge in [0.25, 0.3) is 5.91 Å². The van der Waals surface area contributed by atoms with Gasteiger partial charge in [0, 0.05) is 42.5 Å². The van der Waals surface area contributed by atoms with Crippen molar-refractivity contribution in [2.45, 2.75) is 51.1 Å². The molecule has 0 bridgehead atoms. The molecule has 122 valence electrons. The molecule has 1 aromatic heterocycles. The van der Waals surface area contributed by atoms with Gasteiger partial charge in [0.2, 0.25) is 5.91 Å². The Hall–Kier alpha value is -1.40. The van der Waals surface area contributed by atoms with Gasteiger partial charge in [-0.3, -0.25) is 9.59 Å². The van der Waals surface area contributed by atoms with Crippen LogP contribution in [0.5, 0.6) is 0 Å². The summed E-state index contributed by atoms with van der Waals surface area (Å²) in [5.74, 6) is 0.0897. The number of hydrogen-bond donors (Lipinski definition) is 2. The number of nitrogens with two attached hydrogens (primary N) is 1. The molecule has 3 N–H and O–H groups in total. The highest BCUT2D eigenvalue weighted by atomic mass is 32.1. The summed E-state index contributed by atoms with van der Waals surface area (Å²) in [6, 6.07) is 1.98. The normalized spacial score (nSPS) is 19.7. The minimum absolute atomic E-state index is 0.0162. The summed E-state index contributed by atoms with van der Waals surface area (Å²) < 4.78 is 0. The van der Waals surface area contributed by atoms with Crippen molar-refractivity contribution in [1.29, 1.82) is 0 Å². The fraction of sp³-hybridized carbons (Fsp3) is 0.625. The van der Waals surface area contributed by atoms with Gasteiger partial charge in [-0.2, -0.15) is 11.3 Å². The lowest BCUT2D eigenvalue weighted by molar-refractivity contribution is -0.135. The van der Waals surface area contributed by atoms with Gasteiger partial charge in [-0.05, 0) is 44.1 Å². The van der Waals surface area contributed by atoms with Crippen LogP contribution in [-0.2, 0) is 4.79 Å². The lowest BCUT2D eigenvalue weighted by Crippen LogP contribution is -2.51. The van der Waals surface area contributed by atoms with E-state index in [-0.39, 0.29) is 23.9 Å². The standard InChI is InChI=1S/C16H25N3O2S/c1-12(17)14-5-2-3-9-19(14)15(20)6-4-8-18-16(21)13-7-10-22-11-13/h7,10-12,14H,2-6,8-9,17H2,1H3,(H,18,21). The first kappa shape index (κ1) is 17.0. The fourth-order valence-corrected chi connectivity index (χ4v) is 3.53. The highest BCUT2D eigenvalue weighted by Crippen LogP contribution is 2.20. The van der Waals surface area contributed by atoms with E-state index in [1.54, 1.807) is 6.07 Å². The molecule has 6 heteroatoms. The average molecular weight is 323 g/mol. The second kappa shape index (κ2) is 8.29. The molecule has 0 saturated carbocycles. The maximum atomic E-state index is 12.3. The molecular weight excluding hydrogens is 298 g/mol. The quantitative estimate of drug-likeness (QED) is 0.786. The zero-order valence-corrected chi connectivity index (χ0v) is 13.9. The first-order valence-electron chi connectivity index (χ1n) is 7.95. The van der Waals surface area contributed by atoms with Crippen molar-refractivity contribution < 1.29 is 9.59 Å². The molecule has 1 fully saturated rings. The van der Waals surface area contributed by atoms with Gasteiger partial charge in [0.05, 0.1) is 0 Å². The Labute approximate surface area is 135 Å². The fourth-order valence-electron chi connectivity index (χ4n) is 2.89. The highest BCUT2D eigenvalue weighted by Gasteiger charge is 2.28. The Morgan fingerprint density at radius 3 is 3.00 bits per heavy atom. The van der Waals surface area contributed by atoms with E-state index in [0.717, 1.165) is 25.8 Å². The monoisotopic (exact) mass is 323 g/mol. The third-order valence-electron chi connectivity index (χ3n) is 4.11. The molecule has 0 aromatic carbocycles. The summed E-state index contributed by atoms with van der Waals surface area (Å²) in [6.45, 7) is 3.31. The number of carbonyl (C=O) groups is 2. The second-order valence-electron chi connectivity index (χ2n) is 5.88. The summed E-state index contributed by atoms with van der Waals surface area (Å²) >= 11 is 1.50. The lowest BCUT2D eigenvalue weighted by atomic mass is 9.96. The van der Waals surface area contributed by atoms with Crippen LogP contribution in [0.2, 0.25) is 0 Å². The van der Waals surface area contributed by atoms with E-state index in [2.05, 4.69) is 5.32 Å². The van der Waals surface area contributed by atoms with Gasteiger partial charge in [-0.25, -0.2) is 0 Å². The van der Waals surface area contributed by atoms with Gasteiger partial charge in [-0.15, -0.1) is 0 Å². The van der Waals surface area contributed by atoms with E-state index in [4.69, 9.17) is 5.73 Å². The number of rotatable bonds is 6. The zero-order valence-electron chi connectivity index (χ0n) is 13.1. The minimum atomic E-state index is -0.0693. The predicted octanol–water partition coefficient (Wildman–Crippen LogP) is 1.99. The summed E-state index contributed by atoms with van der Waals surface area (Å²) in [6.07, 6.45) is 4.33. The van der Waals surface area contributed by atoms with Crippen molar-refractivity contribution in [2.75, 3.05) is 13.1 Å². The van der Waals surface area contributed by atoms with Crippen LogP contribution in [-0.4, -0.2) is 41.9 Å². The van der Waals surface area contributed by atoms with Gasteiger partial charge in [-0.1, -0.05) is 0 Å². The smallest absolute Gasteiger partial charge is 0.252 e. The van der Waals surface area contributed by atoms with Crippen LogP contribution in [0, 0.1) is 0 Å². The predicted molar refractivity (Wildman–Crippen MR) is 88.9 cm³/mol. The molecule has 5 nitrogen and oxygen atoms in total. The molecule has 1 aromatic rings. The van der Waals surface area contributed by atoms with E-state index in [0.29, 0.717) is 24.9 Å². The minimum Gasteiger partial charge on any atom is -0.352 e. The molecule has 2 amide bonds. The van der Waals surface area contributed by atoms with Gasteiger partial charge in [0.1, 0.15) is 0 Å². The van der Waals surface area contributed by atoms with Crippen molar-refractivity contribution in [3.63, 3.8) is 0 Å². The van der Waals surface area contributed by atoms with Gasteiger partial charge < -0.3 is 16.0 Å². The van der Waals surface area contributed by atoms with E-state index in [9.17, 15) is 9.59 Å². The Balaban J connectivity index is 1.72.